The Bertz CT molecular complexity index is 593. The van der Waals surface area contributed by atoms with E-state index < -0.39 is 0 Å². The summed E-state index contributed by atoms with van der Waals surface area (Å²) in [7, 11) is 3.97. The van der Waals surface area contributed by atoms with E-state index in [-0.39, 0.29) is 12.1 Å². The standard InChI is InChI=1S/C18H23N3O/c1-4-17(14-8-6-5-7-9-14)20-18(22)19-15-10-12-16(13-11-15)21(2)3/h5-13,17H,4H2,1-3H3,(H2,19,20,22). The average molecular weight is 297 g/mol. The van der Waals surface area contributed by atoms with E-state index in [2.05, 4.69) is 17.6 Å². The van der Waals surface area contributed by atoms with Crippen LogP contribution in [0.3, 0.4) is 0 Å². The molecule has 22 heavy (non-hydrogen) atoms. The normalized spacial score (nSPS) is 11.6. The highest BCUT2D eigenvalue weighted by Crippen LogP contribution is 2.18. The Labute approximate surface area is 132 Å². The molecular formula is C18H23N3O. The summed E-state index contributed by atoms with van der Waals surface area (Å²) in [4.78, 5) is 14.2. The van der Waals surface area contributed by atoms with E-state index in [1.54, 1.807) is 0 Å². The van der Waals surface area contributed by atoms with Crippen molar-refractivity contribution in [2.45, 2.75) is 19.4 Å². The molecule has 0 aromatic heterocycles. The van der Waals surface area contributed by atoms with Gasteiger partial charge in [-0.25, -0.2) is 4.79 Å². The smallest absolute Gasteiger partial charge is 0.319 e. The third kappa shape index (κ3) is 4.25. The van der Waals surface area contributed by atoms with Gasteiger partial charge in [0.2, 0.25) is 0 Å². The lowest BCUT2D eigenvalue weighted by Gasteiger charge is -2.18. The molecule has 0 aliphatic carbocycles. The summed E-state index contributed by atoms with van der Waals surface area (Å²) < 4.78 is 0. The molecule has 2 amide bonds. The summed E-state index contributed by atoms with van der Waals surface area (Å²) in [5, 5.41) is 5.88. The third-order valence-electron chi connectivity index (χ3n) is 3.56. The Kier molecular flexibility index (Phi) is 5.42. The van der Waals surface area contributed by atoms with Crippen molar-refractivity contribution in [2.75, 3.05) is 24.3 Å². The fourth-order valence-electron chi connectivity index (χ4n) is 2.27. The molecule has 2 aromatic rings. The monoisotopic (exact) mass is 297 g/mol. The van der Waals surface area contributed by atoms with Crippen LogP contribution in [-0.4, -0.2) is 20.1 Å². The lowest BCUT2D eigenvalue weighted by molar-refractivity contribution is 0.248. The molecule has 0 heterocycles. The van der Waals surface area contributed by atoms with Gasteiger partial charge in [-0.2, -0.15) is 0 Å². The zero-order chi connectivity index (χ0) is 15.9. The van der Waals surface area contributed by atoms with Crippen LogP contribution in [0.1, 0.15) is 24.9 Å². The number of carbonyl (C=O) groups excluding carboxylic acids is 1. The predicted molar refractivity (Wildman–Crippen MR) is 92.4 cm³/mol. The molecule has 0 aliphatic heterocycles. The largest absolute Gasteiger partial charge is 0.378 e. The molecule has 2 aromatic carbocycles. The van der Waals surface area contributed by atoms with E-state index in [4.69, 9.17) is 0 Å². The van der Waals surface area contributed by atoms with Crippen LogP contribution in [0.5, 0.6) is 0 Å². The maximum Gasteiger partial charge on any atom is 0.319 e. The zero-order valence-corrected chi connectivity index (χ0v) is 13.3. The zero-order valence-electron chi connectivity index (χ0n) is 13.3. The molecule has 0 aliphatic rings. The van der Waals surface area contributed by atoms with Gasteiger partial charge in [0.1, 0.15) is 0 Å². The van der Waals surface area contributed by atoms with Gasteiger partial charge in [-0.1, -0.05) is 37.3 Å². The highest BCUT2D eigenvalue weighted by atomic mass is 16.2. The summed E-state index contributed by atoms with van der Waals surface area (Å²) in [6, 6.07) is 17.6. The number of amides is 2. The Morgan fingerprint density at radius 3 is 2.23 bits per heavy atom. The quantitative estimate of drug-likeness (QED) is 0.875. The molecular weight excluding hydrogens is 274 g/mol. The van der Waals surface area contributed by atoms with Gasteiger partial charge in [-0.3, -0.25) is 0 Å². The Hall–Kier alpha value is -2.49. The molecule has 0 radical (unpaired) electrons. The van der Waals surface area contributed by atoms with Crippen molar-refractivity contribution in [3.05, 3.63) is 60.2 Å². The average Bonchev–Trinajstić information content (AvgIpc) is 2.54. The number of benzene rings is 2. The molecule has 0 fully saturated rings. The van der Waals surface area contributed by atoms with Crippen LogP contribution in [0, 0.1) is 0 Å². The minimum absolute atomic E-state index is 0.0160. The van der Waals surface area contributed by atoms with E-state index in [0.29, 0.717) is 0 Å². The van der Waals surface area contributed by atoms with Crippen molar-refractivity contribution < 1.29 is 4.79 Å². The molecule has 1 unspecified atom stereocenters. The molecule has 0 spiro atoms. The Morgan fingerprint density at radius 2 is 1.68 bits per heavy atom. The second kappa shape index (κ2) is 7.50. The van der Waals surface area contributed by atoms with Crippen LogP contribution < -0.4 is 15.5 Å². The van der Waals surface area contributed by atoms with Crippen LogP contribution in [0.4, 0.5) is 16.2 Å². The van der Waals surface area contributed by atoms with Gasteiger partial charge in [0, 0.05) is 25.5 Å². The number of nitrogens with one attached hydrogen (secondary N) is 2. The summed E-state index contributed by atoms with van der Waals surface area (Å²) in [5.74, 6) is 0. The third-order valence-corrected chi connectivity index (χ3v) is 3.56. The second-order valence-corrected chi connectivity index (χ2v) is 5.41. The molecule has 0 bridgehead atoms. The number of urea groups is 1. The summed E-state index contributed by atoms with van der Waals surface area (Å²) >= 11 is 0. The Balaban J connectivity index is 1.97. The van der Waals surface area contributed by atoms with Crippen molar-refractivity contribution in [1.82, 2.24) is 5.32 Å². The number of hydrogen-bond donors (Lipinski definition) is 2. The van der Waals surface area contributed by atoms with Gasteiger partial charge in [-0.05, 0) is 36.2 Å². The fraction of sp³-hybridized carbons (Fsp3) is 0.278. The van der Waals surface area contributed by atoms with Gasteiger partial charge >= 0.3 is 6.03 Å². The first-order chi connectivity index (χ1) is 10.6. The van der Waals surface area contributed by atoms with Crippen LogP contribution in [0.15, 0.2) is 54.6 Å². The van der Waals surface area contributed by atoms with Crippen LogP contribution in [-0.2, 0) is 0 Å². The number of anilines is 2. The number of nitrogens with zero attached hydrogens (tertiary/aromatic N) is 1. The first-order valence-electron chi connectivity index (χ1n) is 7.50. The number of carbonyl (C=O) groups is 1. The van der Waals surface area contributed by atoms with Crippen molar-refractivity contribution >= 4 is 17.4 Å². The first kappa shape index (κ1) is 15.9. The van der Waals surface area contributed by atoms with Gasteiger partial charge in [-0.15, -0.1) is 0 Å². The number of rotatable bonds is 5. The molecule has 116 valence electrons. The van der Waals surface area contributed by atoms with Crippen LogP contribution in [0.25, 0.3) is 0 Å². The topological polar surface area (TPSA) is 44.4 Å². The molecule has 4 nitrogen and oxygen atoms in total. The summed E-state index contributed by atoms with van der Waals surface area (Å²) in [5.41, 5.74) is 3.00. The minimum Gasteiger partial charge on any atom is -0.378 e. The number of hydrogen-bond acceptors (Lipinski definition) is 2. The van der Waals surface area contributed by atoms with Gasteiger partial charge in [0.25, 0.3) is 0 Å². The maximum absolute atomic E-state index is 12.1. The molecule has 4 heteroatoms. The lowest BCUT2D eigenvalue weighted by atomic mass is 10.1. The lowest BCUT2D eigenvalue weighted by Crippen LogP contribution is -2.32. The van der Waals surface area contributed by atoms with Gasteiger partial charge in [0.15, 0.2) is 0 Å². The highest BCUT2D eigenvalue weighted by molar-refractivity contribution is 5.89. The van der Waals surface area contributed by atoms with E-state index in [0.717, 1.165) is 23.4 Å². The van der Waals surface area contributed by atoms with E-state index in [9.17, 15) is 4.79 Å². The van der Waals surface area contributed by atoms with Crippen molar-refractivity contribution in [1.29, 1.82) is 0 Å². The molecule has 2 N–H and O–H groups in total. The van der Waals surface area contributed by atoms with Crippen LogP contribution in [0.2, 0.25) is 0 Å². The molecule has 1 atom stereocenters. The van der Waals surface area contributed by atoms with Gasteiger partial charge in [0.05, 0.1) is 6.04 Å². The molecule has 0 saturated carbocycles. The molecule has 0 saturated heterocycles. The van der Waals surface area contributed by atoms with E-state index >= 15 is 0 Å². The second-order valence-electron chi connectivity index (χ2n) is 5.41. The van der Waals surface area contributed by atoms with Crippen molar-refractivity contribution in [3.8, 4) is 0 Å². The van der Waals surface area contributed by atoms with Crippen molar-refractivity contribution in [2.24, 2.45) is 0 Å². The maximum atomic E-state index is 12.1. The molecule has 2 rings (SSSR count). The van der Waals surface area contributed by atoms with Gasteiger partial charge < -0.3 is 15.5 Å². The van der Waals surface area contributed by atoms with Crippen LogP contribution >= 0.6 is 0 Å². The fourth-order valence-corrected chi connectivity index (χ4v) is 2.27. The summed E-state index contributed by atoms with van der Waals surface area (Å²) in [6.45, 7) is 2.06. The first-order valence-corrected chi connectivity index (χ1v) is 7.50. The summed E-state index contributed by atoms with van der Waals surface area (Å²) in [6.07, 6.45) is 0.844. The van der Waals surface area contributed by atoms with E-state index in [1.807, 2.05) is 73.6 Å². The van der Waals surface area contributed by atoms with Crippen molar-refractivity contribution in [3.63, 3.8) is 0 Å². The highest BCUT2D eigenvalue weighted by Gasteiger charge is 2.12. The minimum atomic E-state index is -0.187. The Morgan fingerprint density at radius 1 is 1.05 bits per heavy atom. The van der Waals surface area contributed by atoms with E-state index in [1.165, 1.54) is 0 Å². The SMILES string of the molecule is CCC(NC(=O)Nc1ccc(N(C)C)cc1)c1ccccc1. The predicted octanol–water partition coefficient (Wildman–Crippen LogP) is 4.03.